The summed E-state index contributed by atoms with van der Waals surface area (Å²) < 4.78 is 10.8. The largest absolute Gasteiger partial charge is 0.379 e. The summed E-state index contributed by atoms with van der Waals surface area (Å²) in [5.41, 5.74) is 5.82. The van der Waals surface area contributed by atoms with Gasteiger partial charge in [-0.05, 0) is 25.8 Å². The van der Waals surface area contributed by atoms with E-state index in [1.807, 2.05) is 0 Å². The van der Waals surface area contributed by atoms with Gasteiger partial charge in [0.15, 0.2) is 5.96 Å². The molecule has 0 radical (unpaired) electrons. The van der Waals surface area contributed by atoms with Gasteiger partial charge in [0.2, 0.25) is 0 Å². The van der Waals surface area contributed by atoms with E-state index in [1.54, 1.807) is 0 Å². The summed E-state index contributed by atoms with van der Waals surface area (Å²) >= 11 is 0. The summed E-state index contributed by atoms with van der Waals surface area (Å²) in [7, 11) is 0. The molecule has 2 aliphatic rings. The van der Waals surface area contributed by atoms with Crippen LogP contribution in [0.5, 0.6) is 0 Å². The van der Waals surface area contributed by atoms with Crippen molar-refractivity contribution in [3.63, 3.8) is 0 Å². The first kappa shape index (κ1) is 17.9. The minimum Gasteiger partial charge on any atom is -0.379 e. The Morgan fingerprint density at radius 3 is 2.80 bits per heavy atom. The summed E-state index contributed by atoms with van der Waals surface area (Å²) in [6.07, 6.45) is 3.60. The third-order valence-electron chi connectivity index (χ3n) is 3.55. The summed E-state index contributed by atoms with van der Waals surface area (Å²) in [4.78, 5) is 6.74. The molecule has 2 saturated heterocycles. The SMILES string of the molecule is I.NC(=NCC1CCCO1)NCCCN1CCOCC1. The lowest BCUT2D eigenvalue weighted by molar-refractivity contribution is 0.0376. The Morgan fingerprint density at radius 2 is 2.10 bits per heavy atom. The van der Waals surface area contributed by atoms with Crippen molar-refractivity contribution >= 4 is 29.9 Å². The summed E-state index contributed by atoms with van der Waals surface area (Å²) in [5, 5.41) is 3.16. The van der Waals surface area contributed by atoms with Gasteiger partial charge in [0, 0.05) is 26.2 Å². The molecule has 1 unspecified atom stereocenters. The minimum atomic E-state index is 0. The summed E-state index contributed by atoms with van der Waals surface area (Å²) in [5.74, 6) is 0.539. The van der Waals surface area contributed by atoms with Crippen molar-refractivity contribution in [2.45, 2.75) is 25.4 Å². The van der Waals surface area contributed by atoms with E-state index in [2.05, 4.69) is 15.2 Å². The average molecular weight is 398 g/mol. The smallest absolute Gasteiger partial charge is 0.188 e. The van der Waals surface area contributed by atoms with Crippen LogP contribution >= 0.6 is 24.0 Å². The van der Waals surface area contributed by atoms with E-state index in [0.29, 0.717) is 12.5 Å². The van der Waals surface area contributed by atoms with Crippen LogP contribution in [-0.4, -0.2) is 69.5 Å². The number of ether oxygens (including phenoxy) is 2. The van der Waals surface area contributed by atoms with Gasteiger partial charge >= 0.3 is 0 Å². The quantitative estimate of drug-likeness (QED) is 0.294. The Bertz CT molecular complexity index is 280. The predicted molar refractivity (Wildman–Crippen MR) is 90.8 cm³/mol. The van der Waals surface area contributed by atoms with Crippen molar-refractivity contribution in [1.29, 1.82) is 0 Å². The molecule has 20 heavy (non-hydrogen) atoms. The molecule has 0 aromatic carbocycles. The minimum absolute atomic E-state index is 0. The molecule has 2 fully saturated rings. The molecule has 0 amide bonds. The molecule has 7 heteroatoms. The number of halogens is 1. The third kappa shape index (κ3) is 7.05. The first-order valence-corrected chi connectivity index (χ1v) is 7.30. The fourth-order valence-electron chi connectivity index (χ4n) is 2.39. The average Bonchev–Trinajstić information content (AvgIpc) is 2.96. The fourth-order valence-corrected chi connectivity index (χ4v) is 2.39. The van der Waals surface area contributed by atoms with Crippen molar-refractivity contribution in [2.75, 3.05) is 52.5 Å². The molecule has 0 aromatic rings. The van der Waals surface area contributed by atoms with Gasteiger partial charge < -0.3 is 20.5 Å². The summed E-state index contributed by atoms with van der Waals surface area (Å²) in [6, 6.07) is 0. The fraction of sp³-hybridized carbons (Fsp3) is 0.923. The van der Waals surface area contributed by atoms with E-state index in [1.165, 1.54) is 0 Å². The number of rotatable bonds is 6. The molecule has 2 rings (SSSR count). The lowest BCUT2D eigenvalue weighted by atomic mass is 10.2. The second-order valence-corrected chi connectivity index (χ2v) is 5.10. The van der Waals surface area contributed by atoms with Crippen molar-refractivity contribution in [3.05, 3.63) is 0 Å². The zero-order chi connectivity index (χ0) is 13.3. The first-order chi connectivity index (χ1) is 9.34. The van der Waals surface area contributed by atoms with E-state index < -0.39 is 0 Å². The highest BCUT2D eigenvalue weighted by Gasteiger charge is 2.14. The maximum absolute atomic E-state index is 5.82. The third-order valence-corrected chi connectivity index (χ3v) is 3.55. The second kappa shape index (κ2) is 10.6. The zero-order valence-corrected chi connectivity index (χ0v) is 14.4. The standard InChI is InChI=1S/C13H26N4O2.HI/c14-13(16-11-12-3-1-8-19-12)15-4-2-5-17-6-9-18-10-7-17;/h12H,1-11H2,(H3,14,15,16);1H. The van der Waals surface area contributed by atoms with Gasteiger partial charge in [0.1, 0.15) is 0 Å². The van der Waals surface area contributed by atoms with Gasteiger partial charge in [-0.3, -0.25) is 9.89 Å². The Balaban J connectivity index is 0.00000200. The van der Waals surface area contributed by atoms with Crippen molar-refractivity contribution in [2.24, 2.45) is 10.7 Å². The molecule has 0 bridgehead atoms. The maximum atomic E-state index is 5.82. The molecular formula is C13H27IN4O2. The molecule has 0 saturated carbocycles. The molecule has 2 heterocycles. The maximum Gasteiger partial charge on any atom is 0.188 e. The zero-order valence-electron chi connectivity index (χ0n) is 12.1. The molecule has 1 atom stereocenters. The lowest BCUT2D eigenvalue weighted by Crippen LogP contribution is -2.39. The first-order valence-electron chi connectivity index (χ1n) is 7.30. The normalized spacial score (nSPS) is 24.4. The van der Waals surface area contributed by atoms with Crippen LogP contribution in [-0.2, 0) is 9.47 Å². The van der Waals surface area contributed by atoms with E-state index >= 15 is 0 Å². The van der Waals surface area contributed by atoms with Crippen LogP contribution in [0.15, 0.2) is 4.99 Å². The number of hydrogen-bond acceptors (Lipinski definition) is 4. The van der Waals surface area contributed by atoms with Crippen LogP contribution in [0.1, 0.15) is 19.3 Å². The van der Waals surface area contributed by atoms with Gasteiger partial charge in [-0.2, -0.15) is 0 Å². The van der Waals surface area contributed by atoms with Crippen LogP contribution < -0.4 is 11.1 Å². The van der Waals surface area contributed by atoms with Crippen LogP contribution in [0.3, 0.4) is 0 Å². The molecule has 3 N–H and O–H groups in total. The van der Waals surface area contributed by atoms with Crippen LogP contribution in [0.25, 0.3) is 0 Å². The van der Waals surface area contributed by atoms with Gasteiger partial charge in [0.25, 0.3) is 0 Å². The highest BCUT2D eigenvalue weighted by atomic mass is 127. The van der Waals surface area contributed by atoms with Gasteiger partial charge in [-0.1, -0.05) is 0 Å². The number of morpholine rings is 1. The number of nitrogens with one attached hydrogen (secondary N) is 1. The lowest BCUT2D eigenvalue weighted by Gasteiger charge is -2.26. The van der Waals surface area contributed by atoms with Gasteiger partial charge in [0.05, 0.1) is 25.9 Å². The van der Waals surface area contributed by atoms with E-state index in [-0.39, 0.29) is 30.1 Å². The molecule has 0 aliphatic carbocycles. The topological polar surface area (TPSA) is 72.1 Å². The molecule has 6 nitrogen and oxygen atoms in total. The van der Waals surface area contributed by atoms with E-state index in [4.69, 9.17) is 15.2 Å². The molecule has 118 valence electrons. The van der Waals surface area contributed by atoms with E-state index in [9.17, 15) is 0 Å². The molecular weight excluding hydrogens is 371 g/mol. The number of nitrogens with two attached hydrogens (primary N) is 1. The molecule has 2 aliphatic heterocycles. The molecule has 0 aromatic heterocycles. The number of nitrogens with zero attached hydrogens (tertiary/aromatic N) is 2. The van der Waals surface area contributed by atoms with Crippen molar-refractivity contribution in [1.82, 2.24) is 10.2 Å². The Labute approximate surface area is 138 Å². The predicted octanol–water partition coefficient (Wildman–Crippen LogP) is 0.410. The molecule has 0 spiro atoms. The summed E-state index contributed by atoms with van der Waals surface area (Å²) in [6.45, 7) is 7.32. The van der Waals surface area contributed by atoms with E-state index in [0.717, 1.165) is 65.3 Å². The van der Waals surface area contributed by atoms with Crippen LogP contribution in [0.4, 0.5) is 0 Å². The van der Waals surface area contributed by atoms with Crippen molar-refractivity contribution < 1.29 is 9.47 Å². The highest BCUT2D eigenvalue weighted by Crippen LogP contribution is 2.11. The van der Waals surface area contributed by atoms with Crippen LogP contribution in [0.2, 0.25) is 0 Å². The van der Waals surface area contributed by atoms with Crippen molar-refractivity contribution in [3.8, 4) is 0 Å². The highest BCUT2D eigenvalue weighted by molar-refractivity contribution is 14.0. The Morgan fingerprint density at radius 1 is 1.30 bits per heavy atom. The number of hydrogen-bond donors (Lipinski definition) is 2. The second-order valence-electron chi connectivity index (χ2n) is 5.10. The number of guanidine groups is 1. The monoisotopic (exact) mass is 398 g/mol. The van der Waals surface area contributed by atoms with Gasteiger partial charge in [-0.15, -0.1) is 24.0 Å². The van der Waals surface area contributed by atoms with Crippen LogP contribution in [0, 0.1) is 0 Å². The Kier molecular flexibility index (Phi) is 9.49. The van der Waals surface area contributed by atoms with Gasteiger partial charge in [-0.25, -0.2) is 0 Å². The number of aliphatic imine (C=N–C) groups is 1. The Hall–Kier alpha value is -0.120.